The van der Waals surface area contributed by atoms with Gasteiger partial charge in [-0.15, -0.1) is 0 Å². The molecular formula is C12H17NO4S. The van der Waals surface area contributed by atoms with E-state index in [2.05, 4.69) is 5.32 Å². The number of rotatable bonds is 6. The first-order valence-electron chi connectivity index (χ1n) is 5.57. The van der Waals surface area contributed by atoms with E-state index >= 15 is 0 Å². The van der Waals surface area contributed by atoms with Crippen molar-refractivity contribution in [2.75, 3.05) is 18.6 Å². The van der Waals surface area contributed by atoms with E-state index in [-0.39, 0.29) is 11.7 Å². The third kappa shape index (κ3) is 6.24. The van der Waals surface area contributed by atoms with Gasteiger partial charge < -0.3 is 9.73 Å². The number of aryl methyl sites for hydroxylation is 1. The van der Waals surface area contributed by atoms with Gasteiger partial charge in [-0.2, -0.15) is 0 Å². The fraction of sp³-hybridized carbons (Fsp3) is 0.417. The number of amides is 1. The van der Waals surface area contributed by atoms with Gasteiger partial charge >= 0.3 is 0 Å². The minimum absolute atomic E-state index is 0.0778. The van der Waals surface area contributed by atoms with Crippen LogP contribution in [0.1, 0.15) is 17.9 Å². The zero-order chi connectivity index (χ0) is 13.6. The molecule has 6 heteroatoms. The van der Waals surface area contributed by atoms with Crippen LogP contribution >= 0.6 is 0 Å². The van der Waals surface area contributed by atoms with Crippen LogP contribution in [0.5, 0.6) is 0 Å². The summed E-state index contributed by atoms with van der Waals surface area (Å²) in [5, 5.41) is 2.60. The van der Waals surface area contributed by atoms with Gasteiger partial charge in [-0.05, 0) is 31.6 Å². The maximum absolute atomic E-state index is 11.4. The quantitative estimate of drug-likeness (QED) is 0.622. The molecule has 0 saturated carbocycles. The largest absolute Gasteiger partial charge is 0.462 e. The van der Waals surface area contributed by atoms with Crippen LogP contribution in [-0.4, -0.2) is 32.9 Å². The first-order valence-corrected chi connectivity index (χ1v) is 7.63. The average Bonchev–Trinajstić information content (AvgIpc) is 2.66. The summed E-state index contributed by atoms with van der Waals surface area (Å²) in [6, 6.07) is 3.58. The standard InChI is InChI=1S/C12H17NO4S/c1-10-4-5-11(17-10)6-7-12(14)13-8-3-9-18(2,15)16/h4-7H,3,8-9H2,1-2H3,(H,13,14)/b7-6+. The molecule has 0 bridgehead atoms. The molecule has 5 nitrogen and oxygen atoms in total. The molecule has 0 aromatic carbocycles. The molecule has 0 aliphatic heterocycles. The summed E-state index contributed by atoms with van der Waals surface area (Å²) in [6.45, 7) is 2.16. The molecule has 0 aliphatic carbocycles. The molecule has 0 spiro atoms. The Morgan fingerprint density at radius 2 is 2.17 bits per heavy atom. The lowest BCUT2D eigenvalue weighted by Gasteiger charge is -2.00. The Morgan fingerprint density at radius 3 is 2.72 bits per heavy atom. The van der Waals surface area contributed by atoms with Crippen molar-refractivity contribution in [1.29, 1.82) is 0 Å². The van der Waals surface area contributed by atoms with E-state index in [0.717, 1.165) is 5.76 Å². The molecule has 1 aromatic heterocycles. The van der Waals surface area contributed by atoms with Gasteiger partial charge in [-0.25, -0.2) is 8.42 Å². The first-order chi connectivity index (χ1) is 8.37. The van der Waals surface area contributed by atoms with Gasteiger partial charge in [0.1, 0.15) is 21.4 Å². The Morgan fingerprint density at radius 1 is 1.44 bits per heavy atom. The van der Waals surface area contributed by atoms with Crippen LogP contribution in [0.3, 0.4) is 0 Å². The molecule has 100 valence electrons. The van der Waals surface area contributed by atoms with E-state index in [1.165, 1.54) is 12.3 Å². The van der Waals surface area contributed by atoms with Gasteiger partial charge in [0, 0.05) is 18.9 Å². The van der Waals surface area contributed by atoms with E-state index in [1.807, 2.05) is 13.0 Å². The van der Waals surface area contributed by atoms with Crippen LogP contribution < -0.4 is 5.32 Å². The van der Waals surface area contributed by atoms with Crippen molar-refractivity contribution in [3.8, 4) is 0 Å². The maximum Gasteiger partial charge on any atom is 0.244 e. The Kier molecular flexibility index (Phi) is 5.15. The molecule has 1 amide bonds. The highest BCUT2D eigenvalue weighted by Crippen LogP contribution is 2.07. The summed E-state index contributed by atoms with van der Waals surface area (Å²) in [4.78, 5) is 11.4. The van der Waals surface area contributed by atoms with E-state index in [4.69, 9.17) is 4.42 Å². The Balaban J connectivity index is 2.28. The number of furan rings is 1. The van der Waals surface area contributed by atoms with Crippen molar-refractivity contribution in [3.63, 3.8) is 0 Å². The summed E-state index contributed by atoms with van der Waals surface area (Å²) in [6.07, 6.45) is 4.52. The SMILES string of the molecule is Cc1ccc(/C=C/C(=O)NCCCS(C)(=O)=O)o1. The van der Waals surface area contributed by atoms with Crippen LogP contribution in [0.4, 0.5) is 0 Å². The second kappa shape index (κ2) is 6.39. The molecule has 0 atom stereocenters. The van der Waals surface area contributed by atoms with Gasteiger partial charge in [-0.1, -0.05) is 0 Å². The number of hydrogen-bond donors (Lipinski definition) is 1. The molecule has 1 heterocycles. The number of carbonyl (C=O) groups excluding carboxylic acids is 1. The number of nitrogens with one attached hydrogen (secondary N) is 1. The van der Waals surface area contributed by atoms with Crippen LogP contribution in [-0.2, 0) is 14.6 Å². The Labute approximate surface area is 107 Å². The van der Waals surface area contributed by atoms with Crippen LogP contribution in [0.2, 0.25) is 0 Å². The normalized spacial score (nSPS) is 11.9. The predicted molar refractivity (Wildman–Crippen MR) is 69.8 cm³/mol. The Bertz CT molecular complexity index is 528. The summed E-state index contributed by atoms with van der Waals surface area (Å²) in [5.74, 6) is 1.20. The molecule has 18 heavy (non-hydrogen) atoms. The zero-order valence-corrected chi connectivity index (χ0v) is 11.3. The second-order valence-electron chi connectivity index (χ2n) is 4.06. The highest BCUT2D eigenvalue weighted by molar-refractivity contribution is 7.90. The number of hydrogen-bond acceptors (Lipinski definition) is 4. The second-order valence-corrected chi connectivity index (χ2v) is 6.32. The van der Waals surface area contributed by atoms with Crippen molar-refractivity contribution in [2.24, 2.45) is 0 Å². The van der Waals surface area contributed by atoms with Gasteiger partial charge in [-0.3, -0.25) is 4.79 Å². The van der Waals surface area contributed by atoms with Crippen LogP contribution in [0.25, 0.3) is 6.08 Å². The fourth-order valence-corrected chi connectivity index (χ4v) is 1.97. The molecule has 1 aromatic rings. The van der Waals surface area contributed by atoms with Crippen molar-refractivity contribution < 1.29 is 17.6 Å². The fourth-order valence-electron chi connectivity index (χ4n) is 1.31. The monoisotopic (exact) mass is 271 g/mol. The molecule has 0 saturated heterocycles. The van der Waals surface area contributed by atoms with Crippen molar-refractivity contribution in [3.05, 3.63) is 29.7 Å². The third-order valence-corrected chi connectivity index (χ3v) is 3.18. The average molecular weight is 271 g/mol. The van der Waals surface area contributed by atoms with Crippen LogP contribution in [0, 0.1) is 6.92 Å². The van der Waals surface area contributed by atoms with Gasteiger partial charge in [0.25, 0.3) is 0 Å². The van der Waals surface area contributed by atoms with Gasteiger partial charge in [0.15, 0.2) is 0 Å². The lowest BCUT2D eigenvalue weighted by molar-refractivity contribution is -0.116. The van der Waals surface area contributed by atoms with Crippen LogP contribution in [0.15, 0.2) is 22.6 Å². The maximum atomic E-state index is 11.4. The highest BCUT2D eigenvalue weighted by Gasteiger charge is 2.02. The summed E-state index contributed by atoms with van der Waals surface area (Å²) >= 11 is 0. The highest BCUT2D eigenvalue weighted by atomic mass is 32.2. The zero-order valence-electron chi connectivity index (χ0n) is 10.5. The van der Waals surface area contributed by atoms with Crippen molar-refractivity contribution in [2.45, 2.75) is 13.3 Å². The number of carbonyl (C=O) groups is 1. The first kappa shape index (κ1) is 14.5. The smallest absolute Gasteiger partial charge is 0.244 e. The lowest BCUT2D eigenvalue weighted by Crippen LogP contribution is -2.23. The van der Waals surface area contributed by atoms with Gasteiger partial charge in [0.05, 0.1) is 5.75 Å². The predicted octanol–water partition coefficient (Wildman–Crippen LogP) is 1.15. The van der Waals surface area contributed by atoms with Crippen molar-refractivity contribution in [1.82, 2.24) is 5.32 Å². The summed E-state index contributed by atoms with van der Waals surface area (Å²) in [5.41, 5.74) is 0. The molecule has 0 unspecified atom stereocenters. The van der Waals surface area contributed by atoms with Gasteiger partial charge in [0.2, 0.25) is 5.91 Å². The molecule has 0 radical (unpaired) electrons. The van der Waals surface area contributed by atoms with E-state index < -0.39 is 9.84 Å². The van der Waals surface area contributed by atoms with E-state index in [9.17, 15) is 13.2 Å². The minimum Gasteiger partial charge on any atom is -0.462 e. The molecular weight excluding hydrogens is 254 g/mol. The molecule has 0 aliphatic rings. The van der Waals surface area contributed by atoms with E-state index in [0.29, 0.717) is 18.7 Å². The summed E-state index contributed by atoms with van der Waals surface area (Å²) < 4.78 is 27.0. The molecule has 0 fully saturated rings. The molecule has 1 rings (SSSR count). The summed E-state index contributed by atoms with van der Waals surface area (Å²) in [7, 11) is -2.96. The Hall–Kier alpha value is -1.56. The third-order valence-electron chi connectivity index (χ3n) is 2.15. The topological polar surface area (TPSA) is 76.4 Å². The molecule has 1 N–H and O–H groups in total. The van der Waals surface area contributed by atoms with Crippen molar-refractivity contribution >= 4 is 21.8 Å². The minimum atomic E-state index is -2.96. The lowest BCUT2D eigenvalue weighted by atomic mass is 10.3. The number of sulfone groups is 1. The van der Waals surface area contributed by atoms with E-state index in [1.54, 1.807) is 12.1 Å².